The van der Waals surface area contributed by atoms with Crippen molar-refractivity contribution in [1.82, 2.24) is 4.31 Å². The number of halogens is 4. The first-order valence-corrected chi connectivity index (χ1v) is 14.1. The first-order valence-electron chi connectivity index (χ1n) is 10.0. The molecule has 0 aliphatic carbocycles. The number of benzene rings is 2. The Labute approximate surface area is 215 Å². The Morgan fingerprint density at radius 2 is 1.70 bits per heavy atom. The number of rotatable bonds is 5. The van der Waals surface area contributed by atoms with Gasteiger partial charge in [0.2, 0.25) is 0 Å². The number of allylic oxidation sites excluding steroid dienone is 1. The molecule has 0 saturated carbocycles. The average Bonchev–Trinajstić information content (AvgIpc) is 2.82. The first kappa shape index (κ1) is 28.0. The van der Waals surface area contributed by atoms with Gasteiger partial charge in [-0.05, 0) is 42.8 Å². The second-order valence-electron chi connectivity index (χ2n) is 7.83. The van der Waals surface area contributed by atoms with Crippen molar-refractivity contribution in [3.05, 3.63) is 70.4 Å². The number of nitrogens with zero attached hydrogens (tertiary/aromatic N) is 4. The molecule has 0 spiro atoms. The number of hydrogen-bond donors (Lipinski definition) is 0. The summed E-state index contributed by atoms with van der Waals surface area (Å²) in [5.41, 5.74) is -2.61. The second-order valence-corrected chi connectivity index (χ2v) is 12.2. The summed E-state index contributed by atoms with van der Waals surface area (Å²) in [4.78, 5) is 13.7. The molecule has 194 valence electrons. The van der Waals surface area contributed by atoms with E-state index in [1.165, 1.54) is 13.0 Å². The monoisotopic (exact) mass is 572 g/mol. The van der Waals surface area contributed by atoms with Crippen molar-refractivity contribution in [2.24, 2.45) is 0 Å². The van der Waals surface area contributed by atoms with Gasteiger partial charge in [0, 0.05) is 12.0 Å². The Bertz CT molecular complexity index is 1620. The van der Waals surface area contributed by atoms with Gasteiger partial charge in [-0.25, -0.2) is 25.9 Å². The van der Waals surface area contributed by atoms with Gasteiger partial charge in [-0.3, -0.25) is 4.90 Å². The summed E-state index contributed by atoms with van der Waals surface area (Å²) in [6.45, 7) is 1.21. The largest absolute Gasteiger partial charge is 0.416 e. The molecule has 0 aromatic heterocycles. The van der Waals surface area contributed by atoms with Crippen molar-refractivity contribution in [3.8, 4) is 12.1 Å². The van der Waals surface area contributed by atoms with E-state index in [1.54, 1.807) is 12.1 Å². The molecule has 1 aliphatic heterocycles. The van der Waals surface area contributed by atoms with E-state index >= 15 is 0 Å². The van der Waals surface area contributed by atoms with Crippen LogP contribution in [0.2, 0.25) is 0 Å². The molecule has 1 aliphatic rings. The molecule has 0 N–H and O–H groups in total. The van der Waals surface area contributed by atoms with Gasteiger partial charge in [-0.2, -0.15) is 23.7 Å². The number of amides is 2. The van der Waals surface area contributed by atoms with Crippen LogP contribution < -0.4 is 4.90 Å². The van der Waals surface area contributed by atoms with Crippen LogP contribution in [0.15, 0.2) is 58.6 Å². The van der Waals surface area contributed by atoms with Crippen LogP contribution in [0, 0.1) is 22.7 Å². The molecule has 1 heterocycles. The van der Waals surface area contributed by atoms with Crippen molar-refractivity contribution < 1.29 is 34.8 Å². The highest BCUT2D eigenvalue weighted by atomic mass is 35.5. The summed E-state index contributed by atoms with van der Waals surface area (Å²) >= 11 is 5.62. The third-order valence-corrected chi connectivity index (χ3v) is 8.66. The number of carbonyl (C=O) groups is 1. The van der Waals surface area contributed by atoms with E-state index < -0.39 is 59.4 Å². The molecule has 0 fully saturated rings. The Balaban J connectivity index is 2.43. The zero-order valence-corrected chi connectivity index (χ0v) is 21.4. The maximum Gasteiger partial charge on any atom is 0.416 e. The second kappa shape index (κ2) is 9.70. The third kappa shape index (κ3) is 5.13. The van der Waals surface area contributed by atoms with Crippen LogP contribution in [0.25, 0.3) is 0 Å². The number of urea groups is 1. The summed E-state index contributed by atoms with van der Waals surface area (Å²) in [5, 5.41) is 18.0. The Morgan fingerprint density at radius 3 is 2.22 bits per heavy atom. The quantitative estimate of drug-likeness (QED) is 0.487. The molecule has 37 heavy (non-hydrogen) atoms. The SMILES string of the molecule is CC1=C(C#N)[C@@H](c2ccc(C#N)cc2S(C)(=O)=O)N(S(=O)(=O)CCl)C(=O)N1c1cccc(C(F)(F)F)c1. The van der Waals surface area contributed by atoms with E-state index in [0.29, 0.717) is 11.0 Å². The molecule has 2 amide bonds. The maximum absolute atomic E-state index is 13.6. The standard InChI is InChI=1S/C22H16ClF3N4O5S2/c1-13-18(11-28)20(17-7-6-14(10-27)8-19(17)36(2,32)33)30(37(34,35)12-23)21(31)29(13)16-5-3-4-15(9-16)22(24,25)26/h3-9,20H,12H2,1-2H3/t20-/m1/s1. The van der Waals surface area contributed by atoms with Crippen molar-refractivity contribution in [2.45, 2.75) is 24.0 Å². The Kier molecular flexibility index (Phi) is 7.34. The van der Waals surface area contributed by atoms with Gasteiger partial charge in [0.1, 0.15) is 11.3 Å². The fourth-order valence-electron chi connectivity index (χ4n) is 3.82. The molecule has 0 radical (unpaired) electrons. The molecule has 0 bridgehead atoms. The molecule has 2 aromatic rings. The van der Waals surface area contributed by atoms with Gasteiger partial charge in [-0.1, -0.05) is 12.1 Å². The van der Waals surface area contributed by atoms with Gasteiger partial charge in [0.15, 0.2) is 9.84 Å². The molecular formula is C22H16ClF3N4O5S2. The zero-order valence-electron chi connectivity index (χ0n) is 19.0. The average molecular weight is 573 g/mol. The number of anilines is 1. The van der Waals surface area contributed by atoms with Crippen molar-refractivity contribution in [1.29, 1.82) is 10.5 Å². The topological polar surface area (TPSA) is 139 Å². The molecular weight excluding hydrogens is 557 g/mol. The van der Waals surface area contributed by atoms with E-state index in [-0.39, 0.29) is 26.8 Å². The number of carbonyl (C=O) groups excluding carboxylic acids is 1. The van der Waals surface area contributed by atoms with Gasteiger partial charge in [-0.15, -0.1) is 11.6 Å². The van der Waals surface area contributed by atoms with Gasteiger partial charge >= 0.3 is 12.2 Å². The number of sulfone groups is 1. The molecule has 3 rings (SSSR count). The predicted molar refractivity (Wildman–Crippen MR) is 126 cm³/mol. The van der Waals surface area contributed by atoms with Crippen molar-refractivity contribution in [2.75, 3.05) is 16.4 Å². The van der Waals surface area contributed by atoms with Crippen LogP contribution in [-0.4, -0.2) is 38.6 Å². The molecule has 0 saturated heterocycles. The van der Waals surface area contributed by atoms with Crippen LogP contribution in [0.1, 0.15) is 29.7 Å². The summed E-state index contributed by atoms with van der Waals surface area (Å²) in [6, 6.07) is 6.97. The fraction of sp³-hybridized carbons (Fsp3) is 0.227. The van der Waals surface area contributed by atoms with Crippen molar-refractivity contribution in [3.63, 3.8) is 0 Å². The molecule has 1 atom stereocenters. The number of hydrogen-bond acceptors (Lipinski definition) is 7. The smallest absolute Gasteiger partial charge is 0.265 e. The van der Waals surface area contributed by atoms with Crippen LogP contribution >= 0.6 is 11.6 Å². The lowest BCUT2D eigenvalue weighted by Gasteiger charge is -2.41. The molecule has 9 nitrogen and oxygen atoms in total. The number of sulfonamides is 1. The fourth-order valence-corrected chi connectivity index (χ4v) is 6.05. The minimum Gasteiger partial charge on any atom is -0.265 e. The predicted octanol–water partition coefficient (Wildman–Crippen LogP) is 4.29. The van der Waals surface area contributed by atoms with E-state index in [2.05, 4.69) is 0 Å². The minimum atomic E-state index is -4.79. The first-order chi connectivity index (χ1) is 17.1. The summed E-state index contributed by atoms with van der Waals surface area (Å²) in [5.74, 6) is 0. The lowest BCUT2D eigenvalue weighted by Crippen LogP contribution is -2.52. The molecule has 0 unspecified atom stereocenters. The lowest BCUT2D eigenvalue weighted by molar-refractivity contribution is -0.137. The van der Waals surface area contributed by atoms with E-state index in [4.69, 9.17) is 11.6 Å². The summed E-state index contributed by atoms with van der Waals surface area (Å²) in [7, 11) is -8.88. The molecule has 2 aromatic carbocycles. The van der Waals surface area contributed by atoms with Gasteiger partial charge < -0.3 is 0 Å². The van der Waals surface area contributed by atoms with Gasteiger partial charge in [0.25, 0.3) is 10.0 Å². The van der Waals surface area contributed by atoms with Crippen LogP contribution in [0.3, 0.4) is 0 Å². The van der Waals surface area contributed by atoms with Crippen LogP contribution in [0.5, 0.6) is 0 Å². The third-order valence-electron chi connectivity index (χ3n) is 5.44. The van der Waals surface area contributed by atoms with E-state index in [0.717, 1.165) is 36.6 Å². The minimum absolute atomic E-state index is 0.0946. The number of alkyl halides is 4. The number of nitriles is 2. The van der Waals surface area contributed by atoms with E-state index in [9.17, 15) is 45.3 Å². The normalized spacial score (nSPS) is 17.0. The summed E-state index contributed by atoms with van der Waals surface area (Å²) in [6.07, 6.45) is -4.00. The van der Waals surface area contributed by atoms with Crippen molar-refractivity contribution >= 4 is 43.2 Å². The summed E-state index contributed by atoms with van der Waals surface area (Å²) < 4.78 is 91.3. The Hall–Kier alpha value is -3.59. The lowest BCUT2D eigenvalue weighted by atomic mass is 9.94. The zero-order chi connectivity index (χ0) is 27.9. The highest BCUT2D eigenvalue weighted by molar-refractivity contribution is 7.91. The van der Waals surface area contributed by atoms with E-state index in [1.807, 2.05) is 0 Å². The van der Waals surface area contributed by atoms with Crippen LogP contribution in [0.4, 0.5) is 23.7 Å². The highest BCUT2D eigenvalue weighted by Crippen LogP contribution is 2.43. The maximum atomic E-state index is 13.6. The Morgan fingerprint density at radius 1 is 1.05 bits per heavy atom. The van der Waals surface area contributed by atoms with Crippen LogP contribution in [-0.2, 0) is 26.0 Å². The van der Waals surface area contributed by atoms with Gasteiger partial charge in [0.05, 0.1) is 39.4 Å². The highest BCUT2D eigenvalue weighted by Gasteiger charge is 2.47. The molecule has 15 heteroatoms.